The topological polar surface area (TPSA) is 95.9 Å². The minimum Gasteiger partial charge on any atom is -0.478 e. The van der Waals surface area contributed by atoms with E-state index in [1.807, 2.05) is 41.4 Å². The number of anilines is 1. The Morgan fingerprint density at radius 3 is 2.36 bits per heavy atom. The molecule has 0 bridgehead atoms. The number of nitrogens with zero attached hydrogens (tertiary/aromatic N) is 4. The van der Waals surface area contributed by atoms with Gasteiger partial charge in [0.05, 0.1) is 5.56 Å². The first-order valence-corrected chi connectivity index (χ1v) is 10.9. The normalized spacial score (nSPS) is 13.6. The van der Waals surface area contributed by atoms with Crippen molar-refractivity contribution < 1.29 is 19.4 Å². The summed E-state index contributed by atoms with van der Waals surface area (Å²) in [6.07, 6.45) is 4.53. The van der Waals surface area contributed by atoms with E-state index in [9.17, 15) is 9.59 Å². The van der Waals surface area contributed by atoms with Crippen molar-refractivity contribution in [3.63, 3.8) is 0 Å². The molecule has 0 atom stereocenters. The van der Waals surface area contributed by atoms with E-state index >= 15 is 0 Å². The molecule has 1 aliphatic rings. The van der Waals surface area contributed by atoms with E-state index in [0.717, 1.165) is 24.1 Å². The van der Waals surface area contributed by atoms with Crippen molar-refractivity contribution in [1.29, 1.82) is 0 Å². The van der Waals surface area contributed by atoms with Gasteiger partial charge < -0.3 is 19.6 Å². The number of rotatable bonds is 6. The highest BCUT2D eigenvalue weighted by molar-refractivity contribution is 5.87. The minimum atomic E-state index is -1.00. The summed E-state index contributed by atoms with van der Waals surface area (Å²) in [5.74, 6) is 0.216. The van der Waals surface area contributed by atoms with Crippen molar-refractivity contribution in [2.24, 2.45) is 0 Å². The Bertz CT molecular complexity index is 1110. The minimum absolute atomic E-state index is 0.152. The van der Waals surface area contributed by atoms with E-state index in [1.165, 1.54) is 17.8 Å². The SMILES string of the molecule is Cc1ccnc(CCc2ccc(OC(=O)N3CCN(c4ccc(C(=O)O)cn4)CC3)cc2)c1. The molecule has 1 saturated heterocycles. The van der Waals surface area contributed by atoms with Gasteiger partial charge in [-0.2, -0.15) is 0 Å². The number of aryl methyl sites for hydroxylation is 3. The molecule has 0 radical (unpaired) electrons. The number of pyridine rings is 2. The van der Waals surface area contributed by atoms with Gasteiger partial charge in [-0.1, -0.05) is 12.1 Å². The number of carbonyl (C=O) groups excluding carboxylic acids is 1. The van der Waals surface area contributed by atoms with E-state index in [2.05, 4.69) is 23.0 Å². The molecule has 8 heteroatoms. The molecule has 4 rings (SSSR count). The third-order valence-electron chi connectivity index (χ3n) is 5.63. The van der Waals surface area contributed by atoms with Crippen molar-refractivity contribution >= 4 is 17.9 Å². The Hall–Kier alpha value is -3.94. The average molecular weight is 447 g/mol. The van der Waals surface area contributed by atoms with Gasteiger partial charge in [0.15, 0.2) is 0 Å². The quantitative estimate of drug-likeness (QED) is 0.618. The Balaban J connectivity index is 1.25. The molecule has 1 N–H and O–H groups in total. The zero-order valence-corrected chi connectivity index (χ0v) is 18.5. The van der Waals surface area contributed by atoms with Crippen LogP contribution in [0.15, 0.2) is 60.9 Å². The van der Waals surface area contributed by atoms with Gasteiger partial charge in [-0.3, -0.25) is 4.98 Å². The summed E-state index contributed by atoms with van der Waals surface area (Å²) in [6.45, 7) is 4.26. The fraction of sp³-hybridized carbons (Fsp3) is 0.280. The maximum absolute atomic E-state index is 12.6. The zero-order valence-electron chi connectivity index (χ0n) is 18.5. The Kier molecular flexibility index (Phi) is 6.83. The molecule has 1 aromatic carbocycles. The third kappa shape index (κ3) is 5.85. The number of hydrogen-bond donors (Lipinski definition) is 1. The fourth-order valence-corrected chi connectivity index (χ4v) is 3.72. The van der Waals surface area contributed by atoms with Crippen LogP contribution in [0, 0.1) is 6.92 Å². The largest absolute Gasteiger partial charge is 0.478 e. The van der Waals surface area contributed by atoms with Gasteiger partial charge in [-0.05, 0) is 67.3 Å². The summed E-state index contributed by atoms with van der Waals surface area (Å²) in [5.41, 5.74) is 3.58. The standard InChI is InChI=1S/C25H26N4O4/c1-18-10-11-26-21(16-18)6-2-19-3-7-22(8-4-19)33-25(32)29-14-12-28(13-15-29)23-9-5-20(17-27-23)24(30)31/h3-5,7-11,16-17H,2,6,12-15H2,1H3,(H,30,31). The maximum Gasteiger partial charge on any atom is 0.415 e. The first kappa shape index (κ1) is 22.3. The van der Waals surface area contributed by atoms with Gasteiger partial charge in [0, 0.05) is 44.3 Å². The van der Waals surface area contributed by atoms with E-state index in [1.54, 1.807) is 11.0 Å². The molecule has 0 saturated carbocycles. The first-order chi connectivity index (χ1) is 16.0. The van der Waals surface area contributed by atoms with Gasteiger partial charge in [0.25, 0.3) is 0 Å². The van der Waals surface area contributed by atoms with Crippen molar-refractivity contribution in [2.45, 2.75) is 19.8 Å². The molecule has 0 spiro atoms. The molecular formula is C25H26N4O4. The number of aromatic carboxylic acids is 1. The van der Waals surface area contributed by atoms with Gasteiger partial charge >= 0.3 is 12.1 Å². The van der Waals surface area contributed by atoms with Crippen LogP contribution in [0.25, 0.3) is 0 Å². The molecule has 0 aliphatic carbocycles. The fourth-order valence-electron chi connectivity index (χ4n) is 3.72. The molecule has 3 aromatic rings. The number of hydrogen-bond acceptors (Lipinski definition) is 6. The average Bonchev–Trinajstić information content (AvgIpc) is 2.84. The van der Waals surface area contributed by atoms with E-state index in [-0.39, 0.29) is 11.7 Å². The molecule has 33 heavy (non-hydrogen) atoms. The van der Waals surface area contributed by atoms with Crippen LogP contribution in [0.3, 0.4) is 0 Å². The summed E-state index contributed by atoms with van der Waals surface area (Å²) in [6, 6.07) is 14.9. The third-order valence-corrected chi connectivity index (χ3v) is 5.63. The Labute approximate surface area is 192 Å². The monoisotopic (exact) mass is 446 g/mol. The molecule has 1 aliphatic heterocycles. The number of aromatic nitrogens is 2. The number of carboxylic acid groups (broad SMARTS) is 1. The van der Waals surface area contributed by atoms with E-state index < -0.39 is 5.97 Å². The predicted molar refractivity (Wildman–Crippen MR) is 124 cm³/mol. The second-order valence-corrected chi connectivity index (χ2v) is 8.02. The van der Waals surface area contributed by atoms with Crippen molar-refractivity contribution in [1.82, 2.24) is 14.9 Å². The lowest BCUT2D eigenvalue weighted by Gasteiger charge is -2.34. The van der Waals surface area contributed by atoms with Gasteiger partial charge in [0.2, 0.25) is 0 Å². The number of ether oxygens (including phenoxy) is 1. The van der Waals surface area contributed by atoms with E-state index in [0.29, 0.717) is 37.7 Å². The summed E-state index contributed by atoms with van der Waals surface area (Å²) in [4.78, 5) is 35.8. The van der Waals surface area contributed by atoms with Crippen LogP contribution >= 0.6 is 0 Å². The molecule has 0 unspecified atom stereocenters. The van der Waals surface area contributed by atoms with Crippen LogP contribution in [0.4, 0.5) is 10.6 Å². The second-order valence-electron chi connectivity index (χ2n) is 8.02. The molecule has 2 aromatic heterocycles. The highest BCUT2D eigenvalue weighted by Crippen LogP contribution is 2.18. The van der Waals surface area contributed by atoms with E-state index in [4.69, 9.17) is 9.84 Å². The number of benzene rings is 1. The van der Waals surface area contributed by atoms with Crippen molar-refractivity contribution in [2.75, 3.05) is 31.1 Å². The molecule has 170 valence electrons. The van der Waals surface area contributed by atoms with Crippen LogP contribution in [0.2, 0.25) is 0 Å². The van der Waals surface area contributed by atoms with Crippen molar-refractivity contribution in [3.05, 3.63) is 83.3 Å². The lowest BCUT2D eigenvalue weighted by Crippen LogP contribution is -2.49. The van der Waals surface area contributed by atoms with Crippen LogP contribution < -0.4 is 9.64 Å². The first-order valence-electron chi connectivity index (χ1n) is 10.9. The zero-order chi connectivity index (χ0) is 23.2. The summed E-state index contributed by atoms with van der Waals surface area (Å²) in [7, 11) is 0. The predicted octanol–water partition coefficient (Wildman–Crippen LogP) is 3.59. The summed E-state index contributed by atoms with van der Waals surface area (Å²) >= 11 is 0. The van der Waals surface area contributed by atoms with Gasteiger partial charge in [0.1, 0.15) is 11.6 Å². The van der Waals surface area contributed by atoms with Crippen LogP contribution in [0.5, 0.6) is 5.75 Å². The second kappa shape index (κ2) is 10.1. The number of carboxylic acids is 1. The molecule has 8 nitrogen and oxygen atoms in total. The Morgan fingerprint density at radius 1 is 0.970 bits per heavy atom. The summed E-state index contributed by atoms with van der Waals surface area (Å²) < 4.78 is 5.55. The molecule has 1 fully saturated rings. The summed E-state index contributed by atoms with van der Waals surface area (Å²) in [5, 5.41) is 8.99. The maximum atomic E-state index is 12.6. The van der Waals surface area contributed by atoms with Crippen LogP contribution in [0.1, 0.15) is 27.2 Å². The van der Waals surface area contributed by atoms with Crippen molar-refractivity contribution in [3.8, 4) is 5.75 Å². The smallest absolute Gasteiger partial charge is 0.415 e. The lowest BCUT2D eigenvalue weighted by molar-refractivity contribution is 0.0696. The molecule has 3 heterocycles. The van der Waals surface area contributed by atoms with Gasteiger partial charge in [-0.15, -0.1) is 0 Å². The molecular weight excluding hydrogens is 420 g/mol. The number of amides is 1. The number of carbonyl (C=O) groups is 2. The molecule has 1 amide bonds. The highest BCUT2D eigenvalue weighted by atomic mass is 16.6. The number of piperazine rings is 1. The van der Waals surface area contributed by atoms with Crippen LogP contribution in [-0.4, -0.2) is 58.2 Å². The highest BCUT2D eigenvalue weighted by Gasteiger charge is 2.23. The van der Waals surface area contributed by atoms with Gasteiger partial charge in [-0.25, -0.2) is 14.6 Å². The lowest BCUT2D eigenvalue weighted by atomic mass is 10.1. The van der Waals surface area contributed by atoms with Crippen LogP contribution in [-0.2, 0) is 12.8 Å². The Morgan fingerprint density at radius 2 is 1.73 bits per heavy atom.